The van der Waals surface area contributed by atoms with Gasteiger partial charge in [-0.15, -0.1) is 0 Å². The number of hydrogen-bond donors (Lipinski definition) is 3. The summed E-state index contributed by atoms with van der Waals surface area (Å²) >= 11 is 0. The van der Waals surface area contributed by atoms with Crippen molar-refractivity contribution in [2.24, 2.45) is 14.1 Å². The van der Waals surface area contributed by atoms with E-state index < -0.39 is 48.4 Å². The molecule has 0 aromatic carbocycles. The minimum absolute atomic E-state index is 0.0704. The zero-order chi connectivity index (χ0) is 23.9. The summed E-state index contributed by atoms with van der Waals surface area (Å²) in [6.07, 6.45) is -0.116. The summed E-state index contributed by atoms with van der Waals surface area (Å²) in [6, 6.07) is 3.07. The molecule has 1 fully saturated rings. The number of hydrogen-bond acceptors (Lipinski definition) is 9. The van der Waals surface area contributed by atoms with Crippen LogP contribution < -0.4 is 15.8 Å². The van der Waals surface area contributed by atoms with E-state index in [0.717, 1.165) is 4.57 Å². The highest BCUT2D eigenvalue weighted by Crippen LogP contribution is 2.25. The number of carbonyl (C=O) groups excluding carboxylic acids is 1. The van der Waals surface area contributed by atoms with Crippen LogP contribution in [0.25, 0.3) is 11.2 Å². The monoisotopic (exact) mass is 462 g/mol. The lowest BCUT2D eigenvalue weighted by atomic mass is 10.1. The second-order valence-electron chi connectivity index (χ2n) is 7.72. The number of rotatable bonds is 6. The molecule has 1 aliphatic rings. The zero-order valence-corrected chi connectivity index (χ0v) is 17.9. The Kier molecular flexibility index (Phi) is 6.12. The largest absolute Gasteiger partial charge is 0.460 e. The fraction of sp³-hybridized carbons (Fsp3) is 0.450. The molecule has 1 aliphatic heterocycles. The number of ether oxygens (including phenoxy) is 2. The third-order valence-corrected chi connectivity index (χ3v) is 5.65. The lowest BCUT2D eigenvalue weighted by Crippen LogP contribution is -2.46. The molecule has 13 heteroatoms. The molecular formula is C20H24N5O8+. The normalized spacial score (nSPS) is 22.7. The first-order valence-electron chi connectivity index (χ1n) is 10.2. The van der Waals surface area contributed by atoms with E-state index in [4.69, 9.17) is 9.47 Å². The van der Waals surface area contributed by atoms with Gasteiger partial charge in [0.15, 0.2) is 29.7 Å². The number of aliphatic hydroxyl groups excluding tert-OH is 3. The Morgan fingerprint density at radius 1 is 1.24 bits per heavy atom. The number of aliphatic hydroxyl groups is 3. The maximum absolute atomic E-state index is 12.5. The highest BCUT2D eigenvalue weighted by Gasteiger charge is 2.48. The van der Waals surface area contributed by atoms with Crippen LogP contribution in [-0.2, 0) is 30.1 Å². The van der Waals surface area contributed by atoms with E-state index in [9.17, 15) is 29.7 Å². The molecule has 0 saturated carbocycles. The third-order valence-electron chi connectivity index (χ3n) is 5.65. The first-order valence-corrected chi connectivity index (χ1v) is 10.2. The molecule has 0 bridgehead atoms. The van der Waals surface area contributed by atoms with Crippen molar-refractivity contribution >= 4 is 17.1 Å². The lowest BCUT2D eigenvalue weighted by molar-refractivity contribution is -0.765. The van der Waals surface area contributed by atoms with Gasteiger partial charge < -0.3 is 29.4 Å². The van der Waals surface area contributed by atoms with Crippen LogP contribution in [0.1, 0.15) is 16.6 Å². The van der Waals surface area contributed by atoms with Gasteiger partial charge in [0, 0.05) is 20.2 Å². The van der Waals surface area contributed by atoms with E-state index >= 15 is 0 Å². The number of aryl methyl sites for hydroxylation is 1. The van der Waals surface area contributed by atoms with Gasteiger partial charge in [-0.05, 0) is 6.07 Å². The molecule has 3 aromatic heterocycles. The van der Waals surface area contributed by atoms with Gasteiger partial charge in [-0.25, -0.2) is 14.6 Å². The molecule has 13 nitrogen and oxygen atoms in total. The quantitative estimate of drug-likeness (QED) is 0.259. The van der Waals surface area contributed by atoms with Gasteiger partial charge in [0.05, 0.1) is 19.5 Å². The Morgan fingerprint density at radius 3 is 2.70 bits per heavy atom. The number of imidazole rings is 1. The SMILES string of the molecule is Cn1c(=O)c2c(ncn2CCOC(=O)c2ccc[n+]([C@@H]3O[C@H](CO)[C@@H](O)[C@H]3O)c2)n(C)c1=O. The summed E-state index contributed by atoms with van der Waals surface area (Å²) in [7, 11) is 2.89. The van der Waals surface area contributed by atoms with Crippen LogP contribution >= 0.6 is 0 Å². The van der Waals surface area contributed by atoms with Gasteiger partial charge >= 0.3 is 11.7 Å². The maximum Gasteiger partial charge on any atom is 0.344 e. The molecule has 0 aliphatic carbocycles. The Bertz CT molecular complexity index is 1310. The average molecular weight is 462 g/mol. The standard InChI is InChI=1S/C20H24N5O8/c1-22-16-13(17(29)23(2)20(22)31)25(10-21-16)6-7-32-19(30)11-4-3-5-24(8-11)18-15(28)14(27)12(9-26)33-18/h3-5,8,10,12,14-15,18,26-28H,6-7,9H2,1-2H3/q+1/t12-,14-,15-,18-/m1/s1. The number of nitrogens with zero attached hydrogens (tertiary/aromatic N) is 5. The van der Waals surface area contributed by atoms with E-state index in [1.165, 1.54) is 46.4 Å². The molecule has 4 atom stereocenters. The molecule has 3 N–H and O–H groups in total. The highest BCUT2D eigenvalue weighted by molar-refractivity contribution is 5.88. The summed E-state index contributed by atoms with van der Waals surface area (Å²) < 4.78 is 15.9. The minimum Gasteiger partial charge on any atom is -0.460 e. The first-order chi connectivity index (χ1) is 15.7. The Hall–Kier alpha value is -3.39. The van der Waals surface area contributed by atoms with E-state index in [1.54, 1.807) is 12.3 Å². The van der Waals surface area contributed by atoms with E-state index in [0.29, 0.717) is 0 Å². The van der Waals surface area contributed by atoms with Gasteiger partial charge in [-0.1, -0.05) is 0 Å². The van der Waals surface area contributed by atoms with Crippen molar-refractivity contribution < 1.29 is 34.2 Å². The van der Waals surface area contributed by atoms with Crippen molar-refractivity contribution in [1.82, 2.24) is 18.7 Å². The molecule has 0 amide bonds. The number of fused-ring (bicyclic) bond motifs is 1. The topological polar surface area (TPSA) is 162 Å². The van der Waals surface area contributed by atoms with Crippen LogP contribution in [0.3, 0.4) is 0 Å². The molecule has 176 valence electrons. The summed E-state index contributed by atoms with van der Waals surface area (Å²) in [6.45, 7) is -0.395. The van der Waals surface area contributed by atoms with Crippen molar-refractivity contribution in [3.63, 3.8) is 0 Å². The second-order valence-corrected chi connectivity index (χ2v) is 7.72. The van der Waals surface area contributed by atoms with E-state index in [1.807, 2.05) is 0 Å². The molecule has 0 unspecified atom stereocenters. The van der Waals surface area contributed by atoms with Crippen molar-refractivity contribution in [2.75, 3.05) is 13.2 Å². The van der Waals surface area contributed by atoms with Gasteiger partial charge in [0.25, 0.3) is 11.8 Å². The van der Waals surface area contributed by atoms with Gasteiger partial charge in [0.2, 0.25) is 0 Å². The Morgan fingerprint density at radius 2 is 2.00 bits per heavy atom. The molecule has 3 aromatic rings. The lowest BCUT2D eigenvalue weighted by Gasteiger charge is -2.11. The van der Waals surface area contributed by atoms with Gasteiger partial charge in [-0.2, -0.15) is 4.57 Å². The molecule has 33 heavy (non-hydrogen) atoms. The predicted octanol–water partition coefficient (Wildman–Crippen LogP) is -2.81. The number of esters is 1. The fourth-order valence-corrected chi connectivity index (χ4v) is 3.78. The molecule has 1 saturated heterocycles. The molecule has 4 heterocycles. The fourth-order valence-electron chi connectivity index (χ4n) is 3.78. The summed E-state index contributed by atoms with van der Waals surface area (Å²) in [4.78, 5) is 41.1. The smallest absolute Gasteiger partial charge is 0.344 e. The van der Waals surface area contributed by atoms with Crippen molar-refractivity contribution in [3.05, 3.63) is 57.3 Å². The van der Waals surface area contributed by atoms with Gasteiger partial charge in [0.1, 0.15) is 24.4 Å². The minimum atomic E-state index is -1.29. The number of aromatic nitrogens is 5. The third kappa shape index (κ3) is 3.95. The highest BCUT2D eigenvalue weighted by atomic mass is 16.6. The zero-order valence-electron chi connectivity index (χ0n) is 17.9. The van der Waals surface area contributed by atoms with Crippen LogP contribution in [-0.4, -0.2) is 71.5 Å². The van der Waals surface area contributed by atoms with Crippen molar-refractivity contribution in [3.8, 4) is 0 Å². The molecular weight excluding hydrogens is 438 g/mol. The van der Waals surface area contributed by atoms with Crippen LogP contribution in [0, 0.1) is 0 Å². The van der Waals surface area contributed by atoms with Gasteiger partial charge in [-0.3, -0.25) is 13.9 Å². The van der Waals surface area contributed by atoms with E-state index in [2.05, 4.69) is 4.98 Å². The maximum atomic E-state index is 12.5. The van der Waals surface area contributed by atoms with Crippen LogP contribution in [0.5, 0.6) is 0 Å². The number of carbonyl (C=O) groups is 1. The first kappa shape index (κ1) is 22.8. The average Bonchev–Trinajstić information content (AvgIpc) is 3.37. The van der Waals surface area contributed by atoms with Crippen LogP contribution in [0.2, 0.25) is 0 Å². The predicted molar refractivity (Wildman–Crippen MR) is 110 cm³/mol. The van der Waals surface area contributed by atoms with Crippen LogP contribution in [0.4, 0.5) is 0 Å². The Balaban J connectivity index is 1.46. The molecule has 0 spiro atoms. The second kappa shape index (κ2) is 8.86. The number of pyridine rings is 1. The summed E-state index contributed by atoms with van der Waals surface area (Å²) in [5.41, 5.74) is -0.367. The van der Waals surface area contributed by atoms with E-state index in [-0.39, 0.29) is 29.9 Å². The molecule has 0 radical (unpaired) electrons. The summed E-state index contributed by atoms with van der Waals surface area (Å²) in [5.74, 6) is -0.652. The van der Waals surface area contributed by atoms with Crippen molar-refractivity contribution in [1.29, 1.82) is 0 Å². The molecule has 4 rings (SSSR count). The van der Waals surface area contributed by atoms with Crippen molar-refractivity contribution in [2.45, 2.75) is 31.1 Å². The Labute approximate surface area is 186 Å². The van der Waals surface area contributed by atoms with Crippen LogP contribution in [0.15, 0.2) is 40.4 Å². The summed E-state index contributed by atoms with van der Waals surface area (Å²) in [5, 5.41) is 29.3.